The van der Waals surface area contributed by atoms with E-state index >= 15 is 0 Å². The molecule has 0 aromatic heterocycles. The molecule has 0 atom stereocenters. The van der Waals surface area contributed by atoms with Gasteiger partial charge in [0, 0.05) is 50.4 Å². The molecule has 0 bridgehead atoms. The average Bonchev–Trinajstić information content (AvgIpc) is 2.57. The minimum absolute atomic E-state index is 0. The summed E-state index contributed by atoms with van der Waals surface area (Å²) >= 11 is 3.35. The van der Waals surface area contributed by atoms with Crippen molar-refractivity contribution in [3.63, 3.8) is 0 Å². The number of methoxy groups -OCH3 is 1. The third-order valence-corrected chi connectivity index (χ3v) is 3.61. The number of hydrogen-bond donors (Lipinski definition) is 3. The van der Waals surface area contributed by atoms with Gasteiger partial charge in [0.1, 0.15) is 0 Å². The summed E-state index contributed by atoms with van der Waals surface area (Å²) < 4.78 is 5.95. The Morgan fingerprint density at radius 1 is 1.08 bits per heavy atom. The summed E-state index contributed by atoms with van der Waals surface area (Å²) in [6.45, 7) is 2.90. The van der Waals surface area contributed by atoms with E-state index < -0.39 is 0 Å². The molecule has 0 heterocycles. The minimum Gasteiger partial charge on any atom is -0.385 e. The van der Waals surface area contributed by atoms with Crippen molar-refractivity contribution in [3.8, 4) is 0 Å². The Balaban J connectivity index is 0.00000529. The monoisotopic (exact) mass is 512 g/mol. The molecule has 8 heteroatoms. The number of carbonyl (C=O) groups excluding carboxylic acids is 1. The van der Waals surface area contributed by atoms with Gasteiger partial charge in [-0.15, -0.1) is 24.0 Å². The van der Waals surface area contributed by atoms with E-state index in [1.165, 1.54) is 0 Å². The van der Waals surface area contributed by atoms with Gasteiger partial charge in [0.2, 0.25) is 0 Å². The number of hydrogen-bond acceptors (Lipinski definition) is 3. The van der Waals surface area contributed by atoms with Gasteiger partial charge in [0.15, 0.2) is 5.96 Å². The first-order valence-electron chi connectivity index (χ1n) is 7.64. The lowest BCUT2D eigenvalue weighted by Gasteiger charge is -2.12. The van der Waals surface area contributed by atoms with Crippen LogP contribution in [-0.2, 0) is 4.74 Å². The molecule has 136 valence electrons. The first kappa shape index (κ1) is 23.1. The third-order valence-electron chi connectivity index (χ3n) is 3.08. The van der Waals surface area contributed by atoms with Crippen LogP contribution in [-0.4, -0.2) is 52.3 Å². The van der Waals surface area contributed by atoms with Crippen molar-refractivity contribution in [2.24, 2.45) is 4.99 Å². The molecular weight excluding hydrogens is 487 g/mol. The third kappa shape index (κ3) is 10.1. The van der Waals surface area contributed by atoms with Gasteiger partial charge in [0.25, 0.3) is 5.91 Å². The predicted molar refractivity (Wildman–Crippen MR) is 112 cm³/mol. The van der Waals surface area contributed by atoms with Crippen LogP contribution in [0, 0.1) is 0 Å². The van der Waals surface area contributed by atoms with Crippen molar-refractivity contribution in [1.82, 2.24) is 16.0 Å². The number of nitrogens with zero attached hydrogens (tertiary/aromatic N) is 1. The number of carbonyl (C=O) groups is 1. The molecule has 0 fully saturated rings. The smallest absolute Gasteiger partial charge is 0.251 e. The van der Waals surface area contributed by atoms with E-state index in [4.69, 9.17) is 4.74 Å². The molecule has 0 aliphatic heterocycles. The van der Waals surface area contributed by atoms with Crippen molar-refractivity contribution < 1.29 is 9.53 Å². The van der Waals surface area contributed by atoms with E-state index in [-0.39, 0.29) is 29.9 Å². The summed E-state index contributed by atoms with van der Waals surface area (Å²) in [6, 6.07) is 7.30. The van der Waals surface area contributed by atoms with Crippen molar-refractivity contribution in [2.75, 3.05) is 40.4 Å². The summed E-state index contributed by atoms with van der Waals surface area (Å²) in [6.07, 6.45) is 1.75. The summed E-state index contributed by atoms with van der Waals surface area (Å²) in [5, 5.41) is 9.31. The molecule has 0 saturated carbocycles. The van der Waals surface area contributed by atoms with Crippen LogP contribution in [0.5, 0.6) is 0 Å². The highest BCUT2D eigenvalue weighted by Gasteiger charge is 2.04. The van der Waals surface area contributed by atoms with Crippen LogP contribution in [0.2, 0.25) is 0 Å². The van der Waals surface area contributed by atoms with Gasteiger partial charge in [-0.2, -0.15) is 0 Å². The average molecular weight is 513 g/mol. The minimum atomic E-state index is -0.0560. The van der Waals surface area contributed by atoms with Crippen molar-refractivity contribution >= 4 is 51.8 Å². The number of guanidine groups is 1. The van der Waals surface area contributed by atoms with Crippen molar-refractivity contribution in [3.05, 3.63) is 34.3 Å². The van der Waals surface area contributed by atoms with E-state index in [2.05, 4.69) is 36.9 Å². The highest BCUT2D eigenvalue weighted by atomic mass is 127. The fourth-order valence-electron chi connectivity index (χ4n) is 1.84. The number of amides is 1. The molecule has 3 N–H and O–H groups in total. The van der Waals surface area contributed by atoms with Crippen LogP contribution in [0.3, 0.4) is 0 Å². The van der Waals surface area contributed by atoms with Gasteiger partial charge in [0.05, 0.1) is 0 Å². The van der Waals surface area contributed by atoms with E-state index in [1.54, 1.807) is 26.3 Å². The predicted octanol–water partition coefficient (Wildman–Crippen LogP) is 2.39. The van der Waals surface area contributed by atoms with Crippen molar-refractivity contribution in [2.45, 2.75) is 12.8 Å². The van der Waals surface area contributed by atoms with Gasteiger partial charge in [-0.3, -0.25) is 9.79 Å². The summed E-state index contributed by atoms with van der Waals surface area (Å²) in [5.41, 5.74) is 0.664. The van der Waals surface area contributed by atoms with E-state index in [0.717, 1.165) is 43.0 Å². The first-order chi connectivity index (χ1) is 11.2. The van der Waals surface area contributed by atoms with Crippen LogP contribution in [0.25, 0.3) is 0 Å². The van der Waals surface area contributed by atoms with Gasteiger partial charge in [-0.05, 0) is 37.1 Å². The molecule has 1 rings (SSSR count). The maximum Gasteiger partial charge on any atom is 0.251 e. The Kier molecular flexibility index (Phi) is 13.9. The number of benzene rings is 1. The number of nitrogens with one attached hydrogen (secondary N) is 3. The highest BCUT2D eigenvalue weighted by molar-refractivity contribution is 14.0. The van der Waals surface area contributed by atoms with Gasteiger partial charge >= 0.3 is 0 Å². The molecule has 0 saturated heterocycles. The molecule has 0 unspecified atom stereocenters. The van der Waals surface area contributed by atoms with E-state index in [9.17, 15) is 4.79 Å². The fraction of sp³-hybridized carbons (Fsp3) is 0.500. The normalized spacial score (nSPS) is 10.7. The fourth-order valence-corrected chi connectivity index (χ4v) is 2.11. The standard InChI is InChI=1S/C16H25BrN4O2.HI/c1-18-16(21-11-4-12-23-2)20-10-3-9-19-15(22)13-5-7-14(17)8-6-13;/h5-8H,3-4,9-12H2,1-2H3,(H,19,22)(H2,18,20,21);1H. The quantitative estimate of drug-likeness (QED) is 0.205. The van der Waals surface area contributed by atoms with Crippen LogP contribution in [0.1, 0.15) is 23.2 Å². The Bertz CT molecular complexity index is 497. The molecule has 0 aliphatic carbocycles. The Morgan fingerprint density at radius 2 is 1.67 bits per heavy atom. The van der Waals surface area contributed by atoms with Crippen LogP contribution in [0.15, 0.2) is 33.7 Å². The number of halogens is 2. The van der Waals surface area contributed by atoms with Gasteiger partial charge in [-0.1, -0.05) is 15.9 Å². The Hall–Kier alpha value is -0.870. The molecule has 24 heavy (non-hydrogen) atoms. The molecule has 0 aliphatic rings. The second-order valence-electron chi connectivity index (χ2n) is 4.89. The second kappa shape index (κ2) is 14.5. The number of ether oxygens (including phenoxy) is 1. The molecule has 1 amide bonds. The van der Waals surface area contributed by atoms with Crippen LogP contribution in [0.4, 0.5) is 0 Å². The molecule has 1 aromatic carbocycles. The largest absolute Gasteiger partial charge is 0.385 e. The SMILES string of the molecule is CN=C(NCCCNC(=O)c1ccc(Br)cc1)NCCCOC.I. The molecule has 0 radical (unpaired) electrons. The lowest BCUT2D eigenvalue weighted by molar-refractivity contribution is 0.0953. The van der Waals surface area contributed by atoms with Crippen molar-refractivity contribution in [1.29, 1.82) is 0 Å². The topological polar surface area (TPSA) is 74.8 Å². The zero-order chi connectivity index (χ0) is 16.9. The van der Waals surface area contributed by atoms with E-state index in [0.29, 0.717) is 12.1 Å². The number of rotatable bonds is 9. The maximum absolute atomic E-state index is 11.9. The lowest BCUT2D eigenvalue weighted by Crippen LogP contribution is -2.39. The Morgan fingerprint density at radius 3 is 2.25 bits per heavy atom. The second-order valence-corrected chi connectivity index (χ2v) is 5.80. The summed E-state index contributed by atoms with van der Waals surface area (Å²) in [4.78, 5) is 16.1. The molecule has 1 aromatic rings. The van der Waals surface area contributed by atoms with Gasteiger partial charge < -0.3 is 20.7 Å². The molecular formula is C16H26BrIN4O2. The summed E-state index contributed by atoms with van der Waals surface area (Å²) in [7, 11) is 3.43. The molecule has 0 spiro atoms. The molecule has 6 nitrogen and oxygen atoms in total. The zero-order valence-electron chi connectivity index (χ0n) is 14.1. The van der Waals surface area contributed by atoms with Crippen LogP contribution < -0.4 is 16.0 Å². The lowest BCUT2D eigenvalue weighted by atomic mass is 10.2. The number of aliphatic imine (C=N–C) groups is 1. The maximum atomic E-state index is 11.9. The Labute approximate surface area is 169 Å². The first-order valence-corrected chi connectivity index (χ1v) is 8.44. The van der Waals surface area contributed by atoms with Crippen LogP contribution >= 0.6 is 39.9 Å². The highest BCUT2D eigenvalue weighted by Crippen LogP contribution is 2.10. The van der Waals surface area contributed by atoms with E-state index in [1.807, 2.05) is 12.1 Å². The zero-order valence-corrected chi connectivity index (χ0v) is 18.0. The van der Waals surface area contributed by atoms with Gasteiger partial charge in [-0.25, -0.2) is 0 Å². The summed E-state index contributed by atoms with van der Waals surface area (Å²) in [5.74, 6) is 0.708.